The summed E-state index contributed by atoms with van der Waals surface area (Å²) in [6, 6.07) is 1.21. The zero-order chi connectivity index (χ0) is 14.9. The van der Waals surface area contributed by atoms with Crippen molar-refractivity contribution < 1.29 is 14.3 Å². The average Bonchev–Trinajstić information content (AvgIpc) is 2.08. The van der Waals surface area contributed by atoms with Crippen molar-refractivity contribution in [3.05, 3.63) is 0 Å². The van der Waals surface area contributed by atoms with Crippen molar-refractivity contribution in [3.63, 3.8) is 0 Å². The van der Waals surface area contributed by atoms with Gasteiger partial charge in [-0.1, -0.05) is 25.7 Å². The number of hydrogen-bond acceptors (Lipinski definition) is 3. The highest BCUT2D eigenvalue weighted by atomic mass is 28.3. The predicted octanol–water partition coefficient (Wildman–Crippen LogP) is 3.20. The smallest absolute Gasteiger partial charge is 0.408 e. The molecule has 0 aliphatic heterocycles. The van der Waals surface area contributed by atoms with E-state index in [0.29, 0.717) is 5.92 Å². The lowest BCUT2D eigenvalue weighted by Gasteiger charge is -2.46. The van der Waals surface area contributed by atoms with Crippen LogP contribution < -0.4 is 5.32 Å². The van der Waals surface area contributed by atoms with Crippen molar-refractivity contribution in [2.75, 3.05) is 0 Å². The molecule has 0 radical (unpaired) electrons. The molecule has 4 nitrogen and oxygen atoms in total. The number of rotatable bonds is 4. The summed E-state index contributed by atoms with van der Waals surface area (Å²) < 4.78 is 5.21. The van der Waals surface area contributed by atoms with Crippen molar-refractivity contribution in [2.24, 2.45) is 5.92 Å². The molecule has 0 aromatic rings. The lowest BCUT2D eigenvalue weighted by Crippen LogP contribution is -2.60. The van der Waals surface area contributed by atoms with Crippen LogP contribution in [0.15, 0.2) is 0 Å². The van der Waals surface area contributed by atoms with Crippen LogP contribution in [-0.4, -0.2) is 31.6 Å². The average molecular weight is 285 g/mol. The second-order valence-electron chi connectivity index (χ2n) is 7.94. The minimum atomic E-state index is -1.10. The van der Waals surface area contributed by atoms with Gasteiger partial charge in [0.1, 0.15) is 11.9 Å². The van der Waals surface area contributed by atoms with Gasteiger partial charge in [0.2, 0.25) is 0 Å². The Morgan fingerprint density at radius 1 is 1.37 bits per heavy atom. The van der Waals surface area contributed by atoms with Gasteiger partial charge in [-0.05, 0) is 39.5 Å². The van der Waals surface area contributed by atoms with Gasteiger partial charge in [-0.2, -0.15) is 0 Å². The van der Waals surface area contributed by atoms with Crippen molar-refractivity contribution in [2.45, 2.75) is 70.4 Å². The van der Waals surface area contributed by atoms with Crippen LogP contribution in [0.25, 0.3) is 0 Å². The zero-order valence-corrected chi connectivity index (χ0v) is 14.0. The molecule has 1 aliphatic carbocycles. The molecule has 0 spiro atoms. The first-order valence-electron chi connectivity index (χ1n) is 6.92. The standard InChI is InChI=1S/C14H27NO3Si/c1-13(2,3)18-12(17)15-14(10-16)7-11(8-14)9-19(4,5)6/h10-11H,7-9H2,1-6H3,(H,15,17). The van der Waals surface area contributed by atoms with E-state index in [4.69, 9.17) is 4.74 Å². The number of alkyl carbamates (subject to hydrolysis) is 1. The molecule has 0 heterocycles. The first kappa shape index (κ1) is 16.2. The van der Waals surface area contributed by atoms with Gasteiger partial charge in [0.05, 0.1) is 5.54 Å². The van der Waals surface area contributed by atoms with E-state index in [0.717, 1.165) is 19.1 Å². The first-order valence-corrected chi connectivity index (χ1v) is 10.6. The third-order valence-electron chi connectivity index (χ3n) is 3.18. The molecule has 0 saturated heterocycles. The summed E-state index contributed by atoms with van der Waals surface area (Å²) in [6.45, 7) is 12.4. The van der Waals surface area contributed by atoms with Gasteiger partial charge in [0, 0.05) is 8.07 Å². The van der Waals surface area contributed by atoms with Crippen LogP contribution in [0.5, 0.6) is 0 Å². The second-order valence-corrected chi connectivity index (χ2v) is 13.5. The summed E-state index contributed by atoms with van der Waals surface area (Å²) in [4.78, 5) is 23.0. The molecule has 0 unspecified atom stereocenters. The molecule has 19 heavy (non-hydrogen) atoms. The number of ether oxygens (including phenoxy) is 1. The molecule has 1 aliphatic rings. The Kier molecular flexibility index (Phi) is 4.50. The third-order valence-corrected chi connectivity index (χ3v) is 4.98. The highest BCUT2D eigenvalue weighted by Gasteiger charge is 2.47. The van der Waals surface area contributed by atoms with Gasteiger partial charge < -0.3 is 14.8 Å². The van der Waals surface area contributed by atoms with E-state index in [-0.39, 0.29) is 0 Å². The Morgan fingerprint density at radius 2 is 1.89 bits per heavy atom. The van der Waals surface area contributed by atoms with Crippen molar-refractivity contribution in [1.29, 1.82) is 0 Å². The van der Waals surface area contributed by atoms with Crippen molar-refractivity contribution in [3.8, 4) is 0 Å². The van der Waals surface area contributed by atoms with Gasteiger partial charge in [0.15, 0.2) is 0 Å². The maximum absolute atomic E-state index is 11.7. The topological polar surface area (TPSA) is 55.4 Å². The Labute approximate surface area is 117 Å². The number of nitrogens with one attached hydrogen (secondary N) is 1. The van der Waals surface area contributed by atoms with Crippen LogP contribution >= 0.6 is 0 Å². The molecule has 1 rings (SSSR count). The lowest BCUT2D eigenvalue weighted by molar-refractivity contribution is -0.118. The van der Waals surface area contributed by atoms with Crippen LogP contribution in [0.3, 0.4) is 0 Å². The molecule has 1 N–H and O–H groups in total. The van der Waals surface area contributed by atoms with Crippen molar-refractivity contribution >= 4 is 20.5 Å². The Balaban J connectivity index is 2.49. The van der Waals surface area contributed by atoms with Gasteiger partial charge >= 0.3 is 6.09 Å². The summed E-state index contributed by atoms with van der Waals surface area (Å²) in [7, 11) is -1.10. The minimum absolute atomic E-state index is 0.494. The quantitative estimate of drug-likeness (QED) is 0.637. The normalized spacial score (nSPS) is 27.4. The monoisotopic (exact) mass is 285 g/mol. The summed E-state index contributed by atoms with van der Waals surface area (Å²) in [5.74, 6) is 0.562. The van der Waals surface area contributed by atoms with Crippen LogP contribution in [-0.2, 0) is 9.53 Å². The Bertz CT molecular complexity index is 349. The molecular formula is C14H27NO3Si. The van der Waals surface area contributed by atoms with Gasteiger partial charge in [0.25, 0.3) is 0 Å². The van der Waals surface area contributed by atoms with Crippen LogP contribution in [0, 0.1) is 5.92 Å². The molecular weight excluding hydrogens is 258 g/mol. The van der Waals surface area contributed by atoms with E-state index in [1.54, 1.807) is 0 Å². The van der Waals surface area contributed by atoms with Gasteiger partial charge in [-0.25, -0.2) is 4.79 Å². The first-order chi connectivity index (χ1) is 8.45. The molecule has 1 saturated carbocycles. The minimum Gasteiger partial charge on any atom is -0.444 e. The van der Waals surface area contributed by atoms with Gasteiger partial charge in [-0.3, -0.25) is 0 Å². The Morgan fingerprint density at radius 3 is 2.26 bits per heavy atom. The van der Waals surface area contributed by atoms with Gasteiger partial charge in [-0.15, -0.1) is 0 Å². The fourth-order valence-electron chi connectivity index (χ4n) is 2.72. The second kappa shape index (κ2) is 5.27. The van der Waals surface area contributed by atoms with E-state index in [1.807, 2.05) is 20.8 Å². The Hall–Kier alpha value is -0.843. The van der Waals surface area contributed by atoms with E-state index in [1.165, 1.54) is 6.04 Å². The van der Waals surface area contributed by atoms with E-state index in [2.05, 4.69) is 25.0 Å². The fraction of sp³-hybridized carbons (Fsp3) is 0.857. The number of aldehydes is 1. The zero-order valence-electron chi connectivity index (χ0n) is 13.0. The number of carbonyl (C=O) groups excluding carboxylic acids is 2. The van der Waals surface area contributed by atoms with Crippen LogP contribution in [0.2, 0.25) is 25.7 Å². The maximum atomic E-state index is 11.7. The van der Waals surface area contributed by atoms with E-state index < -0.39 is 25.3 Å². The number of amides is 1. The molecule has 0 aromatic carbocycles. The van der Waals surface area contributed by atoms with Crippen molar-refractivity contribution in [1.82, 2.24) is 5.32 Å². The lowest BCUT2D eigenvalue weighted by atomic mass is 9.70. The fourth-order valence-corrected chi connectivity index (χ4v) is 4.74. The molecule has 0 aromatic heterocycles. The SMILES string of the molecule is CC(C)(C)OC(=O)NC1(C=O)CC(C[Si](C)(C)C)C1. The van der Waals surface area contributed by atoms with Crippen LogP contribution in [0.1, 0.15) is 33.6 Å². The number of hydrogen-bond donors (Lipinski definition) is 1. The largest absolute Gasteiger partial charge is 0.444 e. The number of carbonyl (C=O) groups is 2. The summed E-state index contributed by atoms with van der Waals surface area (Å²) >= 11 is 0. The molecule has 0 atom stereocenters. The molecule has 0 bridgehead atoms. The highest BCUT2D eigenvalue weighted by molar-refractivity contribution is 6.76. The molecule has 1 fully saturated rings. The summed E-state index contributed by atoms with van der Waals surface area (Å²) in [5.41, 5.74) is -1.22. The van der Waals surface area contributed by atoms with E-state index in [9.17, 15) is 9.59 Å². The molecule has 5 heteroatoms. The molecule has 110 valence electrons. The summed E-state index contributed by atoms with van der Waals surface area (Å²) in [6.07, 6.45) is 1.88. The van der Waals surface area contributed by atoms with Crippen LogP contribution in [0.4, 0.5) is 4.79 Å². The highest BCUT2D eigenvalue weighted by Crippen LogP contribution is 2.41. The predicted molar refractivity (Wildman–Crippen MR) is 79.0 cm³/mol. The van der Waals surface area contributed by atoms with E-state index >= 15 is 0 Å². The summed E-state index contributed by atoms with van der Waals surface area (Å²) in [5, 5.41) is 2.74. The molecule has 1 amide bonds. The third kappa shape index (κ3) is 5.34. The maximum Gasteiger partial charge on any atom is 0.408 e.